The first-order valence-corrected chi connectivity index (χ1v) is 9.59. The van der Waals surface area contributed by atoms with E-state index in [-0.39, 0.29) is 12.6 Å². The smallest absolute Gasteiger partial charge is 0.239 e. The third-order valence-corrected chi connectivity index (χ3v) is 5.50. The SMILES string of the molecule is CS(=O)(=O)N(CC(=O)Nc1cc(Cl)ccc1Cl)C1CCCC1. The van der Waals surface area contributed by atoms with Crippen LogP contribution in [0.25, 0.3) is 0 Å². The highest BCUT2D eigenvalue weighted by Gasteiger charge is 2.30. The van der Waals surface area contributed by atoms with Crippen LogP contribution < -0.4 is 5.32 Å². The molecular weight excluding hydrogens is 347 g/mol. The lowest BCUT2D eigenvalue weighted by Crippen LogP contribution is -2.43. The zero-order valence-electron chi connectivity index (χ0n) is 12.2. The maximum absolute atomic E-state index is 12.2. The summed E-state index contributed by atoms with van der Waals surface area (Å²) >= 11 is 11.9. The summed E-state index contributed by atoms with van der Waals surface area (Å²) in [5.74, 6) is -0.429. The fourth-order valence-electron chi connectivity index (χ4n) is 2.63. The number of carbonyl (C=O) groups excluding carboxylic acids is 1. The molecule has 0 bridgehead atoms. The van der Waals surface area contributed by atoms with E-state index in [0.29, 0.717) is 15.7 Å². The van der Waals surface area contributed by atoms with Crippen LogP contribution in [-0.4, -0.2) is 37.5 Å². The Kier molecular flexibility index (Phi) is 5.71. The highest BCUT2D eigenvalue weighted by atomic mass is 35.5. The van der Waals surface area contributed by atoms with Crippen LogP contribution in [-0.2, 0) is 14.8 Å². The molecule has 0 radical (unpaired) electrons. The van der Waals surface area contributed by atoms with Gasteiger partial charge in [-0.3, -0.25) is 4.79 Å². The van der Waals surface area contributed by atoms with Crippen molar-refractivity contribution in [2.75, 3.05) is 18.1 Å². The third kappa shape index (κ3) is 4.59. The van der Waals surface area contributed by atoms with Crippen molar-refractivity contribution in [1.82, 2.24) is 4.31 Å². The predicted octanol–water partition coefficient (Wildman–Crippen LogP) is 3.14. The highest BCUT2D eigenvalue weighted by molar-refractivity contribution is 7.88. The molecule has 0 aromatic heterocycles. The van der Waals surface area contributed by atoms with Gasteiger partial charge in [0.05, 0.1) is 23.5 Å². The average Bonchev–Trinajstić information content (AvgIpc) is 2.92. The van der Waals surface area contributed by atoms with Gasteiger partial charge in [0.1, 0.15) is 0 Å². The number of anilines is 1. The number of hydrogen-bond donors (Lipinski definition) is 1. The summed E-state index contributed by atoms with van der Waals surface area (Å²) < 4.78 is 25.1. The lowest BCUT2D eigenvalue weighted by Gasteiger charge is -2.25. The molecule has 0 aliphatic heterocycles. The molecule has 0 saturated heterocycles. The van der Waals surface area contributed by atoms with Crippen LogP contribution in [0, 0.1) is 0 Å². The zero-order chi connectivity index (χ0) is 16.3. The summed E-state index contributed by atoms with van der Waals surface area (Å²) in [7, 11) is -3.44. The number of amides is 1. The van der Waals surface area contributed by atoms with Gasteiger partial charge in [0, 0.05) is 11.1 Å². The first-order valence-electron chi connectivity index (χ1n) is 6.99. The van der Waals surface area contributed by atoms with Gasteiger partial charge >= 0.3 is 0 Å². The van der Waals surface area contributed by atoms with Crippen molar-refractivity contribution in [1.29, 1.82) is 0 Å². The Balaban J connectivity index is 2.09. The van der Waals surface area contributed by atoms with Crippen molar-refractivity contribution in [2.24, 2.45) is 0 Å². The Morgan fingerprint density at radius 1 is 1.32 bits per heavy atom. The fourth-order valence-corrected chi connectivity index (χ4v) is 4.07. The minimum atomic E-state index is -3.44. The largest absolute Gasteiger partial charge is 0.324 e. The molecule has 0 heterocycles. The minimum absolute atomic E-state index is 0.101. The van der Waals surface area contributed by atoms with Gasteiger partial charge < -0.3 is 5.32 Å². The Morgan fingerprint density at radius 3 is 2.55 bits per heavy atom. The van der Waals surface area contributed by atoms with Crippen LogP contribution in [0.4, 0.5) is 5.69 Å². The fraction of sp³-hybridized carbons (Fsp3) is 0.500. The van der Waals surface area contributed by atoms with E-state index in [2.05, 4.69) is 5.32 Å². The average molecular weight is 365 g/mol. The van der Waals surface area contributed by atoms with E-state index in [4.69, 9.17) is 23.2 Å². The molecule has 1 aromatic rings. The van der Waals surface area contributed by atoms with E-state index in [1.54, 1.807) is 12.1 Å². The number of benzene rings is 1. The molecule has 5 nitrogen and oxygen atoms in total. The molecule has 2 rings (SSSR count). The number of sulfonamides is 1. The van der Waals surface area contributed by atoms with E-state index in [1.807, 2.05) is 0 Å². The van der Waals surface area contributed by atoms with Crippen LogP contribution >= 0.6 is 23.2 Å². The molecular formula is C14H18Cl2N2O3S. The minimum Gasteiger partial charge on any atom is -0.324 e. The van der Waals surface area contributed by atoms with E-state index >= 15 is 0 Å². The van der Waals surface area contributed by atoms with Crippen LogP contribution in [0.1, 0.15) is 25.7 Å². The molecule has 0 spiro atoms. The summed E-state index contributed by atoms with van der Waals surface area (Å²) in [6.45, 7) is -0.216. The zero-order valence-corrected chi connectivity index (χ0v) is 14.5. The summed E-state index contributed by atoms with van der Waals surface area (Å²) in [5, 5.41) is 3.41. The van der Waals surface area contributed by atoms with Gasteiger partial charge in [0.2, 0.25) is 15.9 Å². The van der Waals surface area contributed by atoms with Crippen LogP contribution in [0.3, 0.4) is 0 Å². The number of hydrogen-bond acceptors (Lipinski definition) is 3. The summed E-state index contributed by atoms with van der Waals surface area (Å²) in [6.07, 6.45) is 4.68. The van der Waals surface area contributed by atoms with Gasteiger partial charge in [0.25, 0.3) is 0 Å². The second-order valence-corrected chi connectivity index (χ2v) is 8.20. The molecule has 1 N–H and O–H groups in total. The van der Waals surface area contributed by atoms with Gasteiger partial charge in [0.15, 0.2) is 0 Å². The van der Waals surface area contributed by atoms with Crippen molar-refractivity contribution in [3.8, 4) is 0 Å². The van der Waals surface area contributed by atoms with Crippen molar-refractivity contribution in [2.45, 2.75) is 31.7 Å². The molecule has 1 saturated carbocycles. The monoisotopic (exact) mass is 364 g/mol. The normalized spacial score (nSPS) is 16.2. The molecule has 1 aliphatic carbocycles. The molecule has 122 valence electrons. The second kappa shape index (κ2) is 7.17. The predicted molar refractivity (Wildman–Crippen MR) is 88.9 cm³/mol. The summed E-state index contributed by atoms with van der Waals surface area (Å²) in [6, 6.07) is 4.61. The Bertz CT molecular complexity index is 658. The van der Waals surface area contributed by atoms with Gasteiger partial charge in [-0.15, -0.1) is 0 Å². The second-order valence-electron chi connectivity index (χ2n) is 5.42. The van der Waals surface area contributed by atoms with Gasteiger partial charge in [-0.1, -0.05) is 36.0 Å². The maximum atomic E-state index is 12.2. The molecule has 0 atom stereocenters. The Labute approximate surface area is 140 Å². The maximum Gasteiger partial charge on any atom is 0.239 e. The number of rotatable bonds is 5. The molecule has 22 heavy (non-hydrogen) atoms. The van der Waals surface area contributed by atoms with Gasteiger partial charge in [-0.05, 0) is 31.0 Å². The van der Waals surface area contributed by atoms with E-state index < -0.39 is 15.9 Å². The quantitative estimate of drug-likeness (QED) is 0.872. The van der Waals surface area contributed by atoms with E-state index in [1.165, 1.54) is 10.4 Å². The lowest BCUT2D eigenvalue weighted by atomic mass is 10.2. The Morgan fingerprint density at radius 2 is 1.95 bits per heavy atom. The highest BCUT2D eigenvalue weighted by Crippen LogP contribution is 2.27. The van der Waals surface area contributed by atoms with Crippen molar-refractivity contribution >= 4 is 44.8 Å². The van der Waals surface area contributed by atoms with Crippen molar-refractivity contribution in [3.63, 3.8) is 0 Å². The van der Waals surface area contributed by atoms with Crippen molar-refractivity contribution in [3.05, 3.63) is 28.2 Å². The van der Waals surface area contributed by atoms with Crippen molar-refractivity contribution < 1.29 is 13.2 Å². The topological polar surface area (TPSA) is 66.5 Å². The number of nitrogens with one attached hydrogen (secondary N) is 1. The van der Waals surface area contributed by atoms with Crippen LogP contribution in [0.5, 0.6) is 0 Å². The number of halogens is 2. The molecule has 0 unspecified atom stereocenters. The number of carbonyl (C=O) groups is 1. The van der Waals surface area contributed by atoms with Crippen LogP contribution in [0.2, 0.25) is 10.0 Å². The lowest BCUT2D eigenvalue weighted by molar-refractivity contribution is -0.116. The third-order valence-electron chi connectivity index (χ3n) is 3.66. The van der Waals surface area contributed by atoms with Gasteiger partial charge in [-0.25, -0.2) is 8.42 Å². The molecule has 1 aromatic carbocycles. The van der Waals surface area contributed by atoms with E-state index in [0.717, 1.165) is 31.9 Å². The summed E-state index contributed by atoms with van der Waals surface area (Å²) in [5.41, 5.74) is 0.374. The number of nitrogens with zero attached hydrogens (tertiary/aromatic N) is 1. The Hall–Kier alpha value is -0.820. The molecule has 1 amide bonds. The standard InChI is InChI=1S/C14H18Cl2N2O3S/c1-22(20,21)18(11-4-2-3-5-11)9-14(19)17-13-8-10(15)6-7-12(13)16/h6-8,11H,2-5,9H2,1H3,(H,17,19). The molecule has 1 fully saturated rings. The first kappa shape index (κ1) is 17.5. The van der Waals surface area contributed by atoms with E-state index in [9.17, 15) is 13.2 Å². The molecule has 1 aliphatic rings. The molecule has 8 heteroatoms. The van der Waals surface area contributed by atoms with Crippen LogP contribution in [0.15, 0.2) is 18.2 Å². The van der Waals surface area contributed by atoms with Gasteiger partial charge in [-0.2, -0.15) is 4.31 Å². The summed E-state index contributed by atoms with van der Waals surface area (Å²) in [4.78, 5) is 12.2. The first-order chi connectivity index (χ1) is 10.3.